The molecule has 1 heterocycles. The summed E-state index contributed by atoms with van der Waals surface area (Å²) >= 11 is 0. The SMILES string of the molecule is CCOC(=O)c1c(C)n(Cc2ccccc2)c2ccc(OC[C@H](O)CNC(c3ccccc3)c3ccccc3)cc12. The Hall–Kier alpha value is -4.39. The highest BCUT2D eigenvalue weighted by Gasteiger charge is 2.22. The number of aliphatic hydroxyl groups excluding tert-OH is 1. The molecule has 0 radical (unpaired) electrons. The van der Waals surface area contributed by atoms with E-state index in [1.54, 1.807) is 6.92 Å². The summed E-state index contributed by atoms with van der Waals surface area (Å²) in [5, 5.41) is 15.1. The van der Waals surface area contributed by atoms with E-state index in [0.29, 0.717) is 31.0 Å². The molecule has 0 saturated carbocycles. The zero-order valence-electron chi connectivity index (χ0n) is 23.5. The number of aliphatic hydroxyl groups is 1. The molecule has 5 rings (SSSR count). The third kappa shape index (κ3) is 6.68. The number of rotatable bonds is 12. The van der Waals surface area contributed by atoms with Crippen molar-refractivity contribution in [3.8, 4) is 5.75 Å². The molecular weight excluding hydrogens is 512 g/mol. The van der Waals surface area contributed by atoms with Gasteiger partial charge in [-0.05, 0) is 48.7 Å². The number of hydrogen-bond donors (Lipinski definition) is 2. The maximum Gasteiger partial charge on any atom is 0.340 e. The Kier molecular flexibility index (Phi) is 9.14. The highest BCUT2D eigenvalue weighted by molar-refractivity contribution is 6.06. The Morgan fingerprint density at radius 2 is 1.49 bits per heavy atom. The van der Waals surface area contributed by atoms with Crippen molar-refractivity contribution in [2.75, 3.05) is 19.8 Å². The van der Waals surface area contributed by atoms with Crippen LogP contribution >= 0.6 is 0 Å². The second-order valence-corrected chi connectivity index (χ2v) is 10.1. The van der Waals surface area contributed by atoms with Crippen LogP contribution in [0.5, 0.6) is 5.75 Å². The van der Waals surface area contributed by atoms with Gasteiger partial charge in [-0.1, -0.05) is 91.0 Å². The lowest BCUT2D eigenvalue weighted by Gasteiger charge is -2.22. The molecule has 0 spiro atoms. The largest absolute Gasteiger partial charge is 0.491 e. The van der Waals surface area contributed by atoms with Crippen LogP contribution in [0.1, 0.15) is 45.7 Å². The van der Waals surface area contributed by atoms with Gasteiger partial charge in [-0.3, -0.25) is 0 Å². The summed E-state index contributed by atoms with van der Waals surface area (Å²) in [6.45, 7) is 5.13. The van der Waals surface area contributed by atoms with Crippen LogP contribution in [-0.2, 0) is 11.3 Å². The smallest absolute Gasteiger partial charge is 0.340 e. The van der Waals surface area contributed by atoms with Gasteiger partial charge in [0.2, 0.25) is 0 Å². The molecule has 0 unspecified atom stereocenters. The predicted octanol–water partition coefficient (Wildman–Crippen LogP) is 6.29. The number of ether oxygens (including phenoxy) is 2. The third-order valence-corrected chi connectivity index (χ3v) is 7.22. The highest BCUT2D eigenvalue weighted by atomic mass is 16.5. The van der Waals surface area contributed by atoms with Crippen LogP contribution in [0, 0.1) is 6.92 Å². The Labute approximate surface area is 241 Å². The van der Waals surface area contributed by atoms with Crippen molar-refractivity contribution in [1.82, 2.24) is 9.88 Å². The lowest BCUT2D eigenvalue weighted by Crippen LogP contribution is -2.34. The molecule has 4 aromatic carbocycles. The number of esters is 1. The number of fused-ring (bicyclic) bond motifs is 1. The van der Waals surface area contributed by atoms with Gasteiger partial charge in [-0.15, -0.1) is 0 Å². The van der Waals surface area contributed by atoms with Gasteiger partial charge in [0.05, 0.1) is 18.2 Å². The van der Waals surface area contributed by atoms with Gasteiger partial charge in [-0.2, -0.15) is 0 Å². The van der Waals surface area contributed by atoms with Gasteiger partial charge < -0.3 is 24.5 Å². The average Bonchev–Trinajstić information content (AvgIpc) is 3.28. The first-order valence-corrected chi connectivity index (χ1v) is 14.0. The van der Waals surface area contributed by atoms with Gasteiger partial charge in [0.25, 0.3) is 0 Å². The minimum atomic E-state index is -0.741. The standard InChI is InChI=1S/C35H36N2O4/c1-3-40-35(39)33-25(2)37(23-26-13-7-4-8-14-26)32-20-19-30(21-31(32)33)41-24-29(38)22-36-34(27-15-9-5-10-16-27)28-17-11-6-12-18-28/h4-21,29,34,36,38H,3,22-24H2,1-2H3/t29-/m1/s1. The minimum Gasteiger partial charge on any atom is -0.491 e. The van der Waals surface area contributed by atoms with E-state index in [0.717, 1.165) is 33.3 Å². The van der Waals surface area contributed by atoms with Crippen molar-refractivity contribution in [2.45, 2.75) is 32.5 Å². The van der Waals surface area contributed by atoms with Gasteiger partial charge >= 0.3 is 5.97 Å². The van der Waals surface area contributed by atoms with Crippen LogP contribution in [0.2, 0.25) is 0 Å². The fourth-order valence-electron chi connectivity index (χ4n) is 5.21. The molecule has 210 valence electrons. The molecule has 0 bridgehead atoms. The fourth-order valence-corrected chi connectivity index (χ4v) is 5.21. The maximum atomic E-state index is 13.0. The van der Waals surface area contributed by atoms with Gasteiger partial charge in [0.1, 0.15) is 18.5 Å². The van der Waals surface area contributed by atoms with Crippen LogP contribution in [0.4, 0.5) is 0 Å². The summed E-state index contributed by atoms with van der Waals surface area (Å²) in [5.41, 5.74) is 5.70. The summed E-state index contributed by atoms with van der Waals surface area (Å²) in [6, 6.07) is 36.2. The number of aromatic nitrogens is 1. The van der Waals surface area contributed by atoms with E-state index >= 15 is 0 Å². The van der Waals surface area contributed by atoms with E-state index < -0.39 is 6.10 Å². The second-order valence-electron chi connectivity index (χ2n) is 10.1. The van der Waals surface area contributed by atoms with E-state index in [4.69, 9.17) is 9.47 Å². The van der Waals surface area contributed by atoms with Crippen molar-refractivity contribution in [2.24, 2.45) is 0 Å². The first-order valence-electron chi connectivity index (χ1n) is 14.0. The lowest BCUT2D eigenvalue weighted by atomic mass is 9.98. The molecule has 0 aliphatic carbocycles. The molecule has 5 aromatic rings. The summed E-state index contributed by atoms with van der Waals surface area (Å²) in [7, 11) is 0. The molecule has 0 aliphatic rings. The topological polar surface area (TPSA) is 72.7 Å². The quantitative estimate of drug-likeness (QED) is 0.179. The number of benzene rings is 4. The van der Waals surface area contributed by atoms with Crippen LogP contribution in [-0.4, -0.2) is 41.5 Å². The highest BCUT2D eigenvalue weighted by Crippen LogP contribution is 2.31. The number of nitrogens with one attached hydrogen (secondary N) is 1. The third-order valence-electron chi connectivity index (χ3n) is 7.22. The zero-order chi connectivity index (χ0) is 28.6. The fraction of sp³-hybridized carbons (Fsp3) is 0.229. The Morgan fingerprint density at radius 1 is 0.878 bits per heavy atom. The van der Waals surface area contributed by atoms with Gasteiger partial charge in [0.15, 0.2) is 0 Å². The summed E-state index contributed by atoms with van der Waals surface area (Å²) in [4.78, 5) is 13.0. The molecule has 0 fully saturated rings. The van der Waals surface area contributed by atoms with Crippen LogP contribution < -0.4 is 10.1 Å². The molecule has 0 aliphatic heterocycles. The Bertz CT molecular complexity index is 1530. The van der Waals surface area contributed by atoms with Crippen molar-refractivity contribution < 1.29 is 19.4 Å². The minimum absolute atomic E-state index is 0.0529. The maximum absolute atomic E-state index is 13.0. The van der Waals surface area contributed by atoms with Crippen molar-refractivity contribution in [1.29, 1.82) is 0 Å². The van der Waals surface area contributed by atoms with Gasteiger partial charge in [0, 0.05) is 29.7 Å². The van der Waals surface area contributed by atoms with Crippen molar-refractivity contribution in [3.05, 3.63) is 137 Å². The van der Waals surface area contributed by atoms with Crippen LogP contribution in [0.25, 0.3) is 10.9 Å². The summed E-state index contributed by atoms with van der Waals surface area (Å²) in [6.07, 6.45) is -0.741. The van der Waals surface area contributed by atoms with Crippen molar-refractivity contribution >= 4 is 16.9 Å². The summed E-state index contributed by atoms with van der Waals surface area (Å²) in [5.74, 6) is 0.234. The number of nitrogens with zero attached hydrogens (tertiary/aromatic N) is 1. The Balaban J connectivity index is 1.32. The molecule has 1 aromatic heterocycles. The van der Waals surface area contributed by atoms with Gasteiger partial charge in [-0.25, -0.2) is 4.79 Å². The first kappa shape index (κ1) is 28.1. The van der Waals surface area contributed by atoms with Crippen LogP contribution in [0.15, 0.2) is 109 Å². The van der Waals surface area contributed by atoms with Crippen molar-refractivity contribution in [3.63, 3.8) is 0 Å². The molecule has 2 N–H and O–H groups in total. The Morgan fingerprint density at radius 3 is 2.10 bits per heavy atom. The van der Waals surface area contributed by atoms with Crippen LogP contribution in [0.3, 0.4) is 0 Å². The van der Waals surface area contributed by atoms with E-state index in [9.17, 15) is 9.90 Å². The monoisotopic (exact) mass is 548 g/mol. The normalized spacial score (nSPS) is 12.0. The molecule has 1 atom stereocenters. The lowest BCUT2D eigenvalue weighted by molar-refractivity contribution is 0.0527. The summed E-state index contributed by atoms with van der Waals surface area (Å²) < 4.78 is 13.6. The number of carbonyl (C=O) groups excluding carboxylic acids is 1. The molecular formula is C35H36N2O4. The first-order chi connectivity index (χ1) is 20.0. The zero-order valence-corrected chi connectivity index (χ0v) is 23.5. The number of carbonyl (C=O) groups is 1. The van der Waals surface area contributed by atoms with E-state index in [1.807, 2.05) is 79.7 Å². The number of hydrogen-bond acceptors (Lipinski definition) is 5. The molecule has 41 heavy (non-hydrogen) atoms. The second kappa shape index (κ2) is 13.3. The van der Waals surface area contributed by atoms with E-state index in [2.05, 4.69) is 46.3 Å². The molecule has 6 heteroatoms. The average molecular weight is 549 g/mol. The van der Waals surface area contributed by atoms with E-state index in [-0.39, 0.29) is 18.6 Å². The molecule has 0 amide bonds. The molecule has 0 saturated heterocycles. The van der Waals surface area contributed by atoms with E-state index in [1.165, 1.54) is 0 Å². The predicted molar refractivity (Wildman–Crippen MR) is 162 cm³/mol. The molecule has 6 nitrogen and oxygen atoms in total.